The van der Waals surface area contributed by atoms with Crippen LogP contribution >= 0.6 is 11.8 Å². The van der Waals surface area contributed by atoms with E-state index in [0.29, 0.717) is 10.7 Å². The first kappa shape index (κ1) is 12.9. The lowest BCUT2D eigenvalue weighted by Gasteiger charge is -2.28. The molecule has 0 saturated carbocycles. The van der Waals surface area contributed by atoms with Gasteiger partial charge in [-0.05, 0) is 6.42 Å². The minimum atomic E-state index is -0.237. The van der Waals surface area contributed by atoms with E-state index in [2.05, 4.69) is 13.8 Å². The van der Waals surface area contributed by atoms with Crippen LogP contribution in [0.1, 0.15) is 41.0 Å². The first-order valence-corrected chi connectivity index (χ1v) is 6.64. The summed E-state index contributed by atoms with van der Waals surface area (Å²) in [5.41, 5.74) is -0.237. The van der Waals surface area contributed by atoms with E-state index >= 15 is 0 Å². The van der Waals surface area contributed by atoms with Gasteiger partial charge in [-0.1, -0.05) is 34.6 Å². The van der Waals surface area contributed by atoms with Crippen LogP contribution in [0, 0.1) is 5.41 Å². The average Bonchev–Trinajstić information content (AvgIpc) is 2.23. The number of thioether (sulfide) groups is 1. The second-order valence-corrected chi connectivity index (χ2v) is 7.70. The molecule has 1 aliphatic rings. The van der Waals surface area contributed by atoms with Crippen LogP contribution in [0.2, 0.25) is 0 Å². The summed E-state index contributed by atoms with van der Waals surface area (Å²) in [5, 5.41) is 0. The van der Waals surface area contributed by atoms with Crippen LogP contribution < -0.4 is 0 Å². The van der Waals surface area contributed by atoms with Gasteiger partial charge in [0.25, 0.3) is 0 Å². The van der Waals surface area contributed by atoms with Gasteiger partial charge in [0, 0.05) is 29.0 Å². The number of hydrogen-bond donors (Lipinski definition) is 0. The minimum absolute atomic E-state index is 0.237. The van der Waals surface area contributed by atoms with Crippen molar-refractivity contribution in [3.63, 3.8) is 0 Å². The fourth-order valence-electron chi connectivity index (χ4n) is 1.70. The SMILES string of the molecule is CC1(C)CCN(C(=O)C(C)(C)C)CCS1. The molecule has 2 nitrogen and oxygen atoms in total. The third kappa shape index (κ3) is 3.71. The zero-order chi connectivity index (χ0) is 11.7. The van der Waals surface area contributed by atoms with Crippen LogP contribution in [0.5, 0.6) is 0 Å². The van der Waals surface area contributed by atoms with Crippen molar-refractivity contribution in [1.82, 2.24) is 4.90 Å². The molecule has 1 saturated heterocycles. The molecular weight excluding hydrogens is 206 g/mol. The lowest BCUT2D eigenvalue weighted by Crippen LogP contribution is -2.41. The van der Waals surface area contributed by atoms with E-state index in [9.17, 15) is 4.79 Å². The number of rotatable bonds is 0. The Bertz CT molecular complexity index is 242. The average molecular weight is 229 g/mol. The molecule has 0 spiro atoms. The molecule has 1 fully saturated rings. The van der Waals surface area contributed by atoms with Gasteiger partial charge in [-0.15, -0.1) is 0 Å². The third-order valence-corrected chi connectivity index (χ3v) is 4.14. The molecule has 0 atom stereocenters. The van der Waals surface area contributed by atoms with Gasteiger partial charge in [0.05, 0.1) is 0 Å². The molecule has 3 heteroatoms. The van der Waals surface area contributed by atoms with Crippen molar-refractivity contribution < 1.29 is 4.79 Å². The summed E-state index contributed by atoms with van der Waals surface area (Å²) in [6.45, 7) is 12.3. The Hall–Kier alpha value is -0.180. The van der Waals surface area contributed by atoms with Crippen molar-refractivity contribution in [2.75, 3.05) is 18.8 Å². The van der Waals surface area contributed by atoms with E-state index in [0.717, 1.165) is 25.3 Å². The van der Waals surface area contributed by atoms with E-state index in [1.165, 1.54) is 0 Å². The van der Waals surface area contributed by atoms with Gasteiger partial charge in [-0.25, -0.2) is 0 Å². The Labute approximate surface area is 97.8 Å². The van der Waals surface area contributed by atoms with Crippen molar-refractivity contribution in [2.24, 2.45) is 5.41 Å². The summed E-state index contributed by atoms with van der Waals surface area (Å²) in [7, 11) is 0. The molecule has 1 amide bonds. The van der Waals surface area contributed by atoms with Gasteiger partial charge in [0.2, 0.25) is 5.91 Å². The summed E-state index contributed by atoms with van der Waals surface area (Å²) in [6, 6.07) is 0. The maximum absolute atomic E-state index is 12.1. The van der Waals surface area contributed by atoms with Crippen LogP contribution in [0.4, 0.5) is 0 Å². The first-order valence-electron chi connectivity index (χ1n) is 5.66. The molecule has 1 heterocycles. The number of amides is 1. The lowest BCUT2D eigenvalue weighted by atomic mass is 9.94. The summed E-state index contributed by atoms with van der Waals surface area (Å²) in [5.74, 6) is 1.36. The van der Waals surface area contributed by atoms with Crippen molar-refractivity contribution in [3.05, 3.63) is 0 Å². The highest BCUT2D eigenvalue weighted by atomic mass is 32.2. The molecule has 0 unspecified atom stereocenters. The molecule has 1 aliphatic heterocycles. The molecule has 0 aromatic carbocycles. The molecule has 0 bridgehead atoms. The highest BCUT2D eigenvalue weighted by Crippen LogP contribution is 2.31. The number of carbonyl (C=O) groups is 1. The van der Waals surface area contributed by atoms with Gasteiger partial charge in [0.1, 0.15) is 0 Å². The topological polar surface area (TPSA) is 20.3 Å². The summed E-state index contributed by atoms with van der Waals surface area (Å²) >= 11 is 1.98. The van der Waals surface area contributed by atoms with Crippen LogP contribution in [0.15, 0.2) is 0 Å². The van der Waals surface area contributed by atoms with E-state index in [1.807, 2.05) is 37.4 Å². The molecule has 0 N–H and O–H groups in total. The third-order valence-electron chi connectivity index (χ3n) is 2.77. The molecule has 88 valence electrons. The first-order chi connectivity index (χ1) is 6.72. The standard InChI is InChI=1S/C12H23NOS/c1-11(2,3)10(14)13-7-6-12(4,5)15-9-8-13/h6-9H2,1-5H3. The number of nitrogens with zero attached hydrogens (tertiary/aromatic N) is 1. The van der Waals surface area contributed by atoms with Crippen molar-refractivity contribution in [2.45, 2.75) is 45.8 Å². The fourth-order valence-corrected chi connectivity index (χ4v) is 2.80. The highest BCUT2D eigenvalue weighted by Gasteiger charge is 2.31. The zero-order valence-electron chi connectivity index (χ0n) is 10.6. The van der Waals surface area contributed by atoms with Crippen LogP contribution in [0.3, 0.4) is 0 Å². The predicted octanol–water partition coefficient (Wildman–Crippen LogP) is 2.78. The Morgan fingerprint density at radius 1 is 1.27 bits per heavy atom. The minimum Gasteiger partial charge on any atom is -0.341 e. The molecule has 0 radical (unpaired) electrons. The van der Waals surface area contributed by atoms with Gasteiger partial charge in [-0.2, -0.15) is 11.8 Å². The zero-order valence-corrected chi connectivity index (χ0v) is 11.4. The van der Waals surface area contributed by atoms with Crippen molar-refractivity contribution >= 4 is 17.7 Å². The van der Waals surface area contributed by atoms with Gasteiger partial charge >= 0.3 is 0 Å². The smallest absolute Gasteiger partial charge is 0.227 e. The van der Waals surface area contributed by atoms with E-state index in [4.69, 9.17) is 0 Å². The summed E-state index contributed by atoms with van der Waals surface area (Å²) in [4.78, 5) is 14.1. The largest absolute Gasteiger partial charge is 0.341 e. The monoisotopic (exact) mass is 229 g/mol. The van der Waals surface area contributed by atoms with E-state index < -0.39 is 0 Å². The Morgan fingerprint density at radius 3 is 2.40 bits per heavy atom. The van der Waals surface area contributed by atoms with E-state index in [1.54, 1.807) is 0 Å². The molecule has 15 heavy (non-hydrogen) atoms. The molecule has 0 aromatic heterocycles. The Balaban J connectivity index is 2.62. The van der Waals surface area contributed by atoms with Crippen LogP contribution in [0.25, 0.3) is 0 Å². The van der Waals surface area contributed by atoms with Crippen LogP contribution in [-0.4, -0.2) is 34.4 Å². The van der Waals surface area contributed by atoms with Gasteiger partial charge in [-0.3, -0.25) is 4.79 Å². The van der Waals surface area contributed by atoms with Crippen molar-refractivity contribution in [1.29, 1.82) is 0 Å². The predicted molar refractivity (Wildman–Crippen MR) is 67.2 cm³/mol. The fraction of sp³-hybridized carbons (Fsp3) is 0.917. The maximum Gasteiger partial charge on any atom is 0.227 e. The Kier molecular flexibility index (Phi) is 3.75. The van der Waals surface area contributed by atoms with Crippen LogP contribution in [-0.2, 0) is 4.79 Å². The number of hydrogen-bond acceptors (Lipinski definition) is 2. The lowest BCUT2D eigenvalue weighted by molar-refractivity contribution is -0.139. The quantitative estimate of drug-likeness (QED) is 0.636. The molecule has 0 aromatic rings. The highest BCUT2D eigenvalue weighted by molar-refractivity contribution is 8.00. The maximum atomic E-state index is 12.1. The van der Waals surface area contributed by atoms with E-state index in [-0.39, 0.29) is 5.41 Å². The summed E-state index contributed by atoms with van der Waals surface area (Å²) in [6.07, 6.45) is 1.10. The Morgan fingerprint density at radius 2 is 1.87 bits per heavy atom. The van der Waals surface area contributed by atoms with Gasteiger partial charge < -0.3 is 4.90 Å². The molecular formula is C12H23NOS. The second kappa shape index (κ2) is 4.36. The summed E-state index contributed by atoms with van der Waals surface area (Å²) < 4.78 is 0.326. The second-order valence-electron chi connectivity index (χ2n) is 5.90. The molecule has 0 aliphatic carbocycles. The van der Waals surface area contributed by atoms with Crippen molar-refractivity contribution in [3.8, 4) is 0 Å². The number of carbonyl (C=O) groups excluding carboxylic acids is 1. The van der Waals surface area contributed by atoms with Gasteiger partial charge in [0.15, 0.2) is 0 Å². The molecule has 1 rings (SSSR count). The normalized spacial score (nSPS) is 22.3.